The van der Waals surface area contributed by atoms with E-state index in [2.05, 4.69) is 22.3 Å². The normalized spacial score (nSPS) is 11.9. The summed E-state index contributed by atoms with van der Waals surface area (Å²) < 4.78 is 0. The zero-order valence-electron chi connectivity index (χ0n) is 11.2. The van der Waals surface area contributed by atoms with Gasteiger partial charge < -0.3 is 16.0 Å². The number of carbonyl (C=O) groups is 1. The van der Waals surface area contributed by atoms with Gasteiger partial charge in [0, 0.05) is 38.3 Å². The second-order valence-corrected chi connectivity index (χ2v) is 4.62. The number of hydrogen-bond donors (Lipinski definition) is 2. The van der Waals surface area contributed by atoms with Crippen molar-refractivity contribution in [3.63, 3.8) is 0 Å². The number of amides is 1. The van der Waals surface area contributed by atoms with Gasteiger partial charge in [0.05, 0.1) is 0 Å². The Morgan fingerprint density at radius 1 is 1.39 bits per heavy atom. The second kappa shape index (κ2) is 7.71. The maximum Gasteiger partial charge on any atom is 0.220 e. The van der Waals surface area contributed by atoms with E-state index in [4.69, 9.17) is 5.73 Å². The molecular formula is C14H23N3O. The first-order valence-corrected chi connectivity index (χ1v) is 6.38. The van der Waals surface area contributed by atoms with E-state index < -0.39 is 0 Å². The molecule has 0 bridgehead atoms. The molecule has 0 heterocycles. The van der Waals surface area contributed by atoms with Crippen LogP contribution < -0.4 is 16.0 Å². The molecule has 0 spiro atoms. The van der Waals surface area contributed by atoms with Gasteiger partial charge in [0.25, 0.3) is 0 Å². The summed E-state index contributed by atoms with van der Waals surface area (Å²) in [7, 11) is 2.02. The van der Waals surface area contributed by atoms with E-state index in [0.717, 1.165) is 18.7 Å². The van der Waals surface area contributed by atoms with Crippen molar-refractivity contribution in [3.8, 4) is 0 Å². The average molecular weight is 249 g/mol. The molecule has 0 radical (unpaired) electrons. The van der Waals surface area contributed by atoms with Crippen molar-refractivity contribution in [2.45, 2.75) is 25.8 Å². The summed E-state index contributed by atoms with van der Waals surface area (Å²) in [6.45, 7) is 3.37. The molecule has 1 atom stereocenters. The molecule has 4 heteroatoms. The Morgan fingerprint density at radius 3 is 2.67 bits per heavy atom. The monoisotopic (exact) mass is 249 g/mol. The third-order valence-corrected chi connectivity index (χ3v) is 2.79. The number of hydrogen-bond acceptors (Lipinski definition) is 3. The number of benzene rings is 1. The molecule has 4 nitrogen and oxygen atoms in total. The van der Waals surface area contributed by atoms with E-state index in [9.17, 15) is 4.79 Å². The zero-order valence-corrected chi connectivity index (χ0v) is 11.2. The number of rotatable bonds is 7. The van der Waals surface area contributed by atoms with Crippen LogP contribution in [0, 0.1) is 0 Å². The van der Waals surface area contributed by atoms with Crippen molar-refractivity contribution < 1.29 is 4.79 Å². The van der Waals surface area contributed by atoms with Crippen LogP contribution in [0.2, 0.25) is 0 Å². The molecule has 3 N–H and O–H groups in total. The van der Waals surface area contributed by atoms with Gasteiger partial charge in [-0.2, -0.15) is 0 Å². The Balaban J connectivity index is 2.19. The lowest BCUT2D eigenvalue weighted by atomic mass is 10.2. The number of likely N-dealkylation sites (N-methyl/N-ethyl adjacent to an activating group) is 1. The van der Waals surface area contributed by atoms with Crippen molar-refractivity contribution in [3.05, 3.63) is 30.3 Å². The van der Waals surface area contributed by atoms with Crippen molar-refractivity contribution in [2.24, 2.45) is 5.73 Å². The standard InChI is InChI=1S/C14H23N3O/c1-12(15)8-9-14(18)16-10-11-17(2)13-6-4-3-5-7-13/h3-7,12H,8-11,15H2,1-2H3,(H,16,18). The first-order valence-electron chi connectivity index (χ1n) is 6.38. The summed E-state index contributed by atoms with van der Waals surface area (Å²) in [5.74, 6) is 0.0776. The molecule has 100 valence electrons. The number of anilines is 1. The molecule has 0 aliphatic carbocycles. The Kier molecular flexibility index (Phi) is 6.22. The van der Waals surface area contributed by atoms with Crippen LogP contribution in [0.3, 0.4) is 0 Å². The summed E-state index contributed by atoms with van der Waals surface area (Å²) in [4.78, 5) is 13.6. The van der Waals surface area contributed by atoms with Crippen LogP contribution >= 0.6 is 0 Å². The molecule has 1 aromatic rings. The van der Waals surface area contributed by atoms with Crippen LogP contribution in [0.15, 0.2) is 30.3 Å². The molecule has 0 fully saturated rings. The fraction of sp³-hybridized carbons (Fsp3) is 0.500. The summed E-state index contributed by atoms with van der Waals surface area (Å²) in [6.07, 6.45) is 1.24. The van der Waals surface area contributed by atoms with Gasteiger partial charge in [0.15, 0.2) is 0 Å². The number of nitrogens with one attached hydrogen (secondary N) is 1. The van der Waals surface area contributed by atoms with Crippen molar-refractivity contribution in [1.29, 1.82) is 0 Å². The van der Waals surface area contributed by atoms with E-state index >= 15 is 0 Å². The van der Waals surface area contributed by atoms with Gasteiger partial charge in [0.1, 0.15) is 0 Å². The SMILES string of the molecule is CC(N)CCC(=O)NCCN(C)c1ccccc1. The summed E-state index contributed by atoms with van der Waals surface area (Å²) in [5.41, 5.74) is 6.76. The first-order chi connectivity index (χ1) is 8.59. The summed E-state index contributed by atoms with van der Waals surface area (Å²) in [5, 5.41) is 2.90. The van der Waals surface area contributed by atoms with Crippen LogP contribution in [-0.2, 0) is 4.79 Å². The van der Waals surface area contributed by atoms with Gasteiger partial charge >= 0.3 is 0 Å². The molecule has 0 aromatic heterocycles. The fourth-order valence-electron chi connectivity index (χ4n) is 1.62. The largest absolute Gasteiger partial charge is 0.373 e. The molecule has 1 unspecified atom stereocenters. The molecule has 1 amide bonds. The maximum absolute atomic E-state index is 11.5. The highest BCUT2D eigenvalue weighted by molar-refractivity contribution is 5.75. The minimum atomic E-state index is 0.0776. The molecule has 18 heavy (non-hydrogen) atoms. The number of carbonyl (C=O) groups excluding carboxylic acids is 1. The van der Waals surface area contributed by atoms with Crippen LogP contribution in [0.4, 0.5) is 5.69 Å². The Bertz CT molecular complexity index is 351. The molecular weight excluding hydrogens is 226 g/mol. The zero-order chi connectivity index (χ0) is 13.4. The second-order valence-electron chi connectivity index (χ2n) is 4.62. The van der Waals surface area contributed by atoms with Gasteiger partial charge in [-0.15, -0.1) is 0 Å². The van der Waals surface area contributed by atoms with Crippen molar-refractivity contribution >= 4 is 11.6 Å². The number of para-hydroxylation sites is 1. The topological polar surface area (TPSA) is 58.4 Å². The summed E-state index contributed by atoms with van der Waals surface area (Å²) in [6, 6.07) is 10.2. The molecule has 1 aromatic carbocycles. The van der Waals surface area contributed by atoms with Gasteiger partial charge in [-0.05, 0) is 25.5 Å². The van der Waals surface area contributed by atoms with Crippen LogP contribution in [0.1, 0.15) is 19.8 Å². The molecule has 0 aliphatic heterocycles. The Hall–Kier alpha value is -1.55. The highest BCUT2D eigenvalue weighted by atomic mass is 16.1. The van der Waals surface area contributed by atoms with E-state index in [0.29, 0.717) is 13.0 Å². The van der Waals surface area contributed by atoms with Gasteiger partial charge in [-0.3, -0.25) is 4.79 Å². The molecule has 0 saturated heterocycles. The first kappa shape index (κ1) is 14.5. The lowest BCUT2D eigenvalue weighted by Crippen LogP contribution is -2.33. The van der Waals surface area contributed by atoms with Crippen LogP contribution in [0.25, 0.3) is 0 Å². The molecule has 0 aliphatic rings. The van der Waals surface area contributed by atoms with Crippen LogP contribution in [-0.4, -0.2) is 32.1 Å². The number of nitrogens with zero attached hydrogens (tertiary/aromatic N) is 1. The molecule has 0 saturated carbocycles. The predicted molar refractivity (Wildman–Crippen MR) is 75.6 cm³/mol. The Labute approximate surface area is 109 Å². The van der Waals surface area contributed by atoms with E-state index in [1.54, 1.807) is 0 Å². The lowest BCUT2D eigenvalue weighted by molar-refractivity contribution is -0.121. The smallest absolute Gasteiger partial charge is 0.220 e. The third-order valence-electron chi connectivity index (χ3n) is 2.79. The highest BCUT2D eigenvalue weighted by Crippen LogP contribution is 2.09. The van der Waals surface area contributed by atoms with Crippen LogP contribution in [0.5, 0.6) is 0 Å². The fourth-order valence-corrected chi connectivity index (χ4v) is 1.62. The Morgan fingerprint density at radius 2 is 2.06 bits per heavy atom. The van der Waals surface area contributed by atoms with Gasteiger partial charge in [0.2, 0.25) is 5.91 Å². The minimum Gasteiger partial charge on any atom is -0.373 e. The van der Waals surface area contributed by atoms with E-state index in [1.807, 2.05) is 32.2 Å². The average Bonchev–Trinajstić information content (AvgIpc) is 2.37. The third kappa shape index (κ3) is 5.68. The van der Waals surface area contributed by atoms with Crippen molar-refractivity contribution in [2.75, 3.05) is 25.0 Å². The minimum absolute atomic E-state index is 0.0776. The summed E-state index contributed by atoms with van der Waals surface area (Å²) >= 11 is 0. The van der Waals surface area contributed by atoms with Gasteiger partial charge in [-0.25, -0.2) is 0 Å². The van der Waals surface area contributed by atoms with Gasteiger partial charge in [-0.1, -0.05) is 18.2 Å². The van der Waals surface area contributed by atoms with E-state index in [-0.39, 0.29) is 11.9 Å². The quantitative estimate of drug-likeness (QED) is 0.767. The maximum atomic E-state index is 11.5. The highest BCUT2D eigenvalue weighted by Gasteiger charge is 2.04. The lowest BCUT2D eigenvalue weighted by Gasteiger charge is -2.19. The van der Waals surface area contributed by atoms with E-state index in [1.165, 1.54) is 0 Å². The molecule has 1 rings (SSSR count). The number of nitrogens with two attached hydrogens (primary N) is 1. The van der Waals surface area contributed by atoms with Crippen molar-refractivity contribution in [1.82, 2.24) is 5.32 Å². The predicted octanol–water partition coefficient (Wildman–Crippen LogP) is 1.37.